The Labute approximate surface area is 240 Å². The van der Waals surface area contributed by atoms with E-state index in [0.717, 1.165) is 11.1 Å². The number of hydrogen-bond donors (Lipinski definition) is 1. The minimum Gasteiger partial charge on any atom is -0.468 e. The van der Waals surface area contributed by atoms with E-state index < -0.39 is 51.2 Å². The molecule has 0 aliphatic carbocycles. The maximum atomic E-state index is 14.1. The Hall–Kier alpha value is -3.86. The molecule has 0 saturated carbocycles. The number of benzene rings is 3. The highest BCUT2D eigenvalue weighted by atomic mass is 32.2. The molecule has 0 radical (unpaired) electrons. The van der Waals surface area contributed by atoms with Crippen molar-refractivity contribution in [3.05, 3.63) is 102 Å². The lowest BCUT2D eigenvalue weighted by atomic mass is 9.76. The van der Waals surface area contributed by atoms with E-state index in [1.165, 1.54) is 28.4 Å². The van der Waals surface area contributed by atoms with Crippen LogP contribution < -0.4 is 5.32 Å². The molecule has 2 aliphatic rings. The van der Waals surface area contributed by atoms with Gasteiger partial charge in [-0.15, -0.1) is 0 Å². The highest BCUT2D eigenvalue weighted by molar-refractivity contribution is 7.89. The lowest BCUT2D eigenvalue weighted by Crippen LogP contribution is -2.59. The molecule has 2 saturated heterocycles. The van der Waals surface area contributed by atoms with E-state index in [2.05, 4.69) is 5.32 Å². The van der Waals surface area contributed by atoms with Crippen molar-refractivity contribution < 1.29 is 27.5 Å². The van der Waals surface area contributed by atoms with E-state index in [4.69, 9.17) is 4.74 Å². The Morgan fingerprint density at radius 3 is 2.02 bits per heavy atom. The fourth-order valence-electron chi connectivity index (χ4n) is 6.14. The van der Waals surface area contributed by atoms with Crippen LogP contribution in [0.1, 0.15) is 18.1 Å². The van der Waals surface area contributed by atoms with Crippen LogP contribution in [-0.4, -0.2) is 67.2 Å². The molecule has 0 unspecified atom stereocenters. The van der Waals surface area contributed by atoms with Crippen LogP contribution in [-0.2, 0) is 42.1 Å². The average Bonchev–Trinajstić information content (AvgIpc) is 3.45. The molecule has 10 heteroatoms. The molecule has 41 heavy (non-hydrogen) atoms. The number of imide groups is 1. The lowest BCUT2D eigenvalue weighted by molar-refractivity contribution is -0.154. The van der Waals surface area contributed by atoms with Gasteiger partial charge in [-0.25, -0.2) is 8.42 Å². The van der Waals surface area contributed by atoms with Gasteiger partial charge in [0.1, 0.15) is 5.54 Å². The minimum atomic E-state index is -3.92. The first-order chi connectivity index (χ1) is 19.7. The van der Waals surface area contributed by atoms with Gasteiger partial charge in [0.05, 0.1) is 30.4 Å². The first-order valence-electron chi connectivity index (χ1n) is 13.6. The van der Waals surface area contributed by atoms with Gasteiger partial charge in [0.2, 0.25) is 21.8 Å². The molecule has 2 heterocycles. The second-order valence-corrected chi connectivity index (χ2v) is 12.3. The van der Waals surface area contributed by atoms with Gasteiger partial charge < -0.3 is 4.74 Å². The summed E-state index contributed by atoms with van der Waals surface area (Å²) < 4.78 is 33.7. The molecule has 5 rings (SSSR count). The van der Waals surface area contributed by atoms with Crippen molar-refractivity contribution in [1.29, 1.82) is 0 Å². The zero-order chi connectivity index (χ0) is 29.2. The van der Waals surface area contributed by atoms with Crippen molar-refractivity contribution in [3.63, 3.8) is 0 Å². The van der Waals surface area contributed by atoms with Crippen molar-refractivity contribution in [3.8, 4) is 0 Å². The summed E-state index contributed by atoms with van der Waals surface area (Å²) in [6.45, 7) is 1.79. The van der Waals surface area contributed by atoms with Crippen LogP contribution in [0.4, 0.5) is 0 Å². The first-order valence-corrected chi connectivity index (χ1v) is 15.0. The monoisotopic (exact) mass is 575 g/mol. The molecule has 214 valence electrons. The zero-order valence-corrected chi connectivity index (χ0v) is 23.8. The summed E-state index contributed by atoms with van der Waals surface area (Å²) >= 11 is 0. The number of likely N-dealkylation sites (tertiary alicyclic amines) is 1. The average molecular weight is 576 g/mol. The number of nitrogens with zero attached hydrogens (tertiary/aromatic N) is 2. The van der Waals surface area contributed by atoms with E-state index in [-0.39, 0.29) is 31.0 Å². The SMILES string of the molecule is CCN(C[C@H]1N[C@@](Cc2ccccc2)(C(=O)OC)[C@H]2C(=O)N(Cc3ccccc3)C(=O)[C@@H]12)S(=O)(=O)c1ccccc1. The number of likely N-dealkylation sites (N-methyl/N-ethyl adjacent to an activating group) is 1. The number of carbonyl (C=O) groups excluding carboxylic acids is 3. The highest BCUT2D eigenvalue weighted by Gasteiger charge is 2.68. The quantitative estimate of drug-likeness (QED) is 0.292. The van der Waals surface area contributed by atoms with E-state index in [0.29, 0.717) is 0 Å². The summed E-state index contributed by atoms with van der Waals surface area (Å²) in [6.07, 6.45) is 0.0912. The number of methoxy groups -OCH3 is 1. The third-order valence-electron chi connectivity index (χ3n) is 8.04. The molecule has 0 spiro atoms. The summed E-state index contributed by atoms with van der Waals surface area (Å²) in [5.74, 6) is -3.62. The van der Waals surface area contributed by atoms with Gasteiger partial charge >= 0.3 is 5.97 Å². The number of ether oxygens (including phenoxy) is 1. The van der Waals surface area contributed by atoms with Gasteiger partial charge in [0.15, 0.2) is 0 Å². The number of fused-ring (bicyclic) bond motifs is 1. The van der Waals surface area contributed by atoms with E-state index in [1.807, 2.05) is 60.7 Å². The molecule has 3 aromatic carbocycles. The van der Waals surface area contributed by atoms with E-state index in [9.17, 15) is 22.8 Å². The maximum absolute atomic E-state index is 14.1. The minimum absolute atomic E-state index is 0.0562. The van der Waals surface area contributed by atoms with Crippen LogP contribution in [0.25, 0.3) is 0 Å². The molecule has 3 aromatic rings. The van der Waals surface area contributed by atoms with Crippen molar-refractivity contribution in [2.24, 2.45) is 11.8 Å². The molecule has 0 aromatic heterocycles. The van der Waals surface area contributed by atoms with Crippen molar-refractivity contribution in [2.75, 3.05) is 20.2 Å². The first kappa shape index (κ1) is 28.7. The summed E-state index contributed by atoms with van der Waals surface area (Å²) in [5.41, 5.74) is -0.0254. The molecule has 2 aliphatic heterocycles. The van der Waals surface area contributed by atoms with Gasteiger partial charge in [0, 0.05) is 25.6 Å². The second-order valence-electron chi connectivity index (χ2n) is 10.4. The van der Waals surface area contributed by atoms with Crippen molar-refractivity contribution in [2.45, 2.75) is 36.4 Å². The Morgan fingerprint density at radius 1 is 0.902 bits per heavy atom. The van der Waals surface area contributed by atoms with Crippen LogP contribution in [0, 0.1) is 11.8 Å². The van der Waals surface area contributed by atoms with E-state index >= 15 is 0 Å². The number of amides is 2. The summed E-state index contributed by atoms with van der Waals surface area (Å²) in [5, 5.41) is 3.29. The molecule has 0 bridgehead atoms. The zero-order valence-electron chi connectivity index (χ0n) is 23.0. The lowest BCUT2D eigenvalue weighted by Gasteiger charge is -2.33. The summed E-state index contributed by atoms with van der Waals surface area (Å²) in [6, 6.07) is 25.6. The van der Waals surface area contributed by atoms with Crippen molar-refractivity contribution >= 4 is 27.8 Å². The largest absolute Gasteiger partial charge is 0.468 e. The van der Waals surface area contributed by atoms with Crippen molar-refractivity contribution in [1.82, 2.24) is 14.5 Å². The van der Waals surface area contributed by atoms with Gasteiger partial charge in [-0.05, 0) is 23.3 Å². The standard InChI is InChI=1S/C31H33N3O6S/c1-3-33(41(38,39)24-17-11-6-12-18-24)21-25-26-27(29(36)34(28(26)35)20-23-15-9-5-10-16-23)31(32-25,30(37)40-2)19-22-13-7-4-8-14-22/h4-18,25-27,32H,3,19-21H2,1-2H3/t25-,26+,27-,31-/m1/s1. The summed E-state index contributed by atoms with van der Waals surface area (Å²) in [7, 11) is -2.66. The predicted molar refractivity (Wildman–Crippen MR) is 152 cm³/mol. The van der Waals surface area contributed by atoms with Crippen LogP contribution in [0.2, 0.25) is 0 Å². The summed E-state index contributed by atoms with van der Waals surface area (Å²) in [4.78, 5) is 43.0. The molecular weight excluding hydrogens is 542 g/mol. The fraction of sp³-hybridized carbons (Fsp3) is 0.323. The Bertz CT molecular complexity index is 1520. The molecule has 9 nitrogen and oxygen atoms in total. The Morgan fingerprint density at radius 2 is 1.46 bits per heavy atom. The maximum Gasteiger partial charge on any atom is 0.327 e. The molecular formula is C31H33N3O6S. The molecule has 2 amide bonds. The molecule has 1 N–H and O–H groups in total. The van der Waals surface area contributed by atoms with Gasteiger partial charge in [-0.3, -0.25) is 24.6 Å². The number of esters is 1. The highest BCUT2D eigenvalue weighted by Crippen LogP contribution is 2.46. The van der Waals surface area contributed by atoms with E-state index in [1.54, 1.807) is 25.1 Å². The molecule has 4 atom stereocenters. The Balaban J connectivity index is 1.57. The van der Waals surface area contributed by atoms with Gasteiger partial charge in [0.25, 0.3) is 0 Å². The van der Waals surface area contributed by atoms with Crippen LogP contribution in [0.3, 0.4) is 0 Å². The Kier molecular flexibility index (Phi) is 8.08. The van der Waals surface area contributed by atoms with Gasteiger partial charge in [-0.1, -0.05) is 85.8 Å². The number of sulfonamides is 1. The number of nitrogens with one attached hydrogen (secondary N) is 1. The second kappa shape index (κ2) is 11.6. The van der Waals surface area contributed by atoms with Gasteiger partial charge in [-0.2, -0.15) is 4.31 Å². The smallest absolute Gasteiger partial charge is 0.327 e. The molecule has 2 fully saturated rings. The fourth-order valence-corrected chi connectivity index (χ4v) is 7.64. The number of hydrogen-bond acceptors (Lipinski definition) is 7. The normalized spacial score (nSPS) is 24.1. The third-order valence-corrected chi connectivity index (χ3v) is 10.00. The van der Waals surface area contributed by atoms with Crippen LogP contribution in [0.15, 0.2) is 95.9 Å². The third kappa shape index (κ3) is 5.18. The van der Waals surface area contributed by atoms with Crippen LogP contribution in [0.5, 0.6) is 0 Å². The predicted octanol–water partition coefficient (Wildman–Crippen LogP) is 2.62. The number of carbonyl (C=O) groups is 3. The van der Waals surface area contributed by atoms with Crippen LogP contribution >= 0.6 is 0 Å². The topological polar surface area (TPSA) is 113 Å². The number of rotatable bonds is 10.